The van der Waals surface area contributed by atoms with Crippen molar-refractivity contribution < 1.29 is 14.3 Å². The van der Waals surface area contributed by atoms with Crippen LogP contribution in [0.15, 0.2) is 77.3 Å². The normalized spacial score (nSPS) is 10.2. The van der Waals surface area contributed by atoms with E-state index >= 15 is 0 Å². The third kappa shape index (κ3) is 4.43. The lowest BCUT2D eigenvalue weighted by molar-refractivity contribution is 0.102. The van der Waals surface area contributed by atoms with Crippen LogP contribution in [0.2, 0.25) is 0 Å². The van der Waals surface area contributed by atoms with E-state index in [1.54, 1.807) is 37.4 Å². The smallest absolute Gasteiger partial charge is 0.255 e. The number of carbonyl (C=O) groups is 1. The molecule has 0 aromatic heterocycles. The molecule has 5 heteroatoms. The minimum atomic E-state index is -0.218. The largest absolute Gasteiger partial charge is 0.495 e. The van der Waals surface area contributed by atoms with E-state index < -0.39 is 0 Å². The fraction of sp³-hybridized carbons (Fsp3) is 0.0952. The second kappa shape index (κ2) is 8.54. The number of hydrogen-bond acceptors (Lipinski definition) is 3. The molecule has 0 aliphatic heterocycles. The topological polar surface area (TPSA) is 47.6 Å². The minimum Gasteiger partial charge on any atom is -0.495 e. The zero-order chi connectivity index (χ0) is 18.4. The summed E-state index contributed by atoms with van der Waals surface area (Å²) in [6.45, 7) is 0.464. The number of carbonyl (C=O) groups excluding carboxylic acids is 1. The Labute approximate surface area is 160 Å². The second-order valence-electron chi connectivity index (χ2n) is 5.57. The molecule has 3 rings (SSSR count). The molecule has 26 heavy (non-hydrogen) atoms. The third-order valence-corrected chi connectivity index (χ3v) is 4.41. The summed E-state index contributed by atoms with van der Waals surface area (Å²) in [7, 11) is 1.57. The van der Waals surface area contributed by atoms with E-state index in [2.05, 4.69) is 21.2 Å². The summed E-state index contributed by atoms with van der Waals surface area (Å²) in [5.41, 5.74) is 2.23. The summed E-state index contributed by atoms with van der Waals surface area (Å²) >= 11 is 3.47. The minimum absolute atomic E-state index is 0.218. The number of halogens is 1. The van der Waals surface area contributed by atoms with Crippen molar-refractivity contribution in [3.05, 3.63) is 88.4 Å². The van der Waals surface area contributed by atoms with E-state index in [-0.39, 0.29) is 5.91 Å². The highest BCUT2D eigenvalue weighted by Crippen LogP contribution is 2.28. The van der Waals surface area contributed by atoms with Crippen LogP contribution in [-0.4, -0.2) is 13.0 Å². The zero-order valence-electron chi connectivity index (χ0n) is 14.2. The van der Waals surface area contributed by atoms with Gasteiger partial charge in [0.05, 0.1) is 17.3 Å². The van der Waals surface area contributed by atoms with Gasteiger partial charge in [-0.2, -0.15) is 0 Å². The number of benzene rings is 3. The highest BCUT2D eigenvalue weighted by molar-refractivity contribution is 9.10. The molecule has 0 spiro atoms. The molecule has 4 nitrogen and oxygen atoms in total. The lowest BCUT2D eigenvalue weighted by Gasteiger charge is -2.12. The van der Waals surface area contributed by atoms with Crippen LogP contribution in [0.1, 0.15) is 15.9 Å². The number of nitrogens with one attached hydrogen (secondary N) is 1. The molecule has 0 fully saturated rings. The molecular weight excluding hydrogens is 394 g/mol. The van der Waals surface area contributed by atoms with E-state index in [4.69, 9.17) is 9.47 Å². The molecule has 0 aliphatic rings. The molecule has 132 valence electrons. The Morgan fingerprint density at radius 1 is 0.962 bits per heavy atom. The van der Waals surface area contributed by atoms with Gasteiger partial charge in [0, 0.05) is 5.56 Å². The first-order valence-electron chi connectivity index (χ1n) is 8.08. The van der Waals surface area contributed by atoms with E-state index in [1.165, 1.54) is 0 Å². The molecule has 0 atom stereocenters. The summed E-state index contributed by atoms with van der Waals surface area (Å²) in [4.78, 5) is 12.5. The van der Waals surface area contributed by atoms with Crippen LogP contribution in [-0.2, 0) is 6.61 Å². The van der Waals surface area contributed by atoms with Crippen molar-refractivity contribution in [2.75, 3.05) is 12.4 Å². The monoisotopic (exact) mass is 411 g/mol. The number of hydrogen-bond donors (Lipinski definition) is 1. The summed E-state index contributed by atoms with van der Waals surface area (Å²) < 4.78 is 11.8. The maximum absolute atomic E-state index is 12.5. The Hall–Kier alpha value is -2.79. The van der Waals surface area contributed by atoms with Gasteiger partial charge < -0.3 is 14.8 Å². The van der Waals surface area contributed by atoms with Crippen LogP contribution in [0.5, 0.6) is 11.5 Å². The standard InChI is InChI=1S/C21H18BrNO3/c1-25-20-10-6-5-9-18(20)23-21(24)16-11-12-19(17(22)13-16)26-14-15-7-3-2-4-8-15/h2-13H,14H2,1H3,(H,23,24). The molecule has 0 saturated heterocycles. The van der Waals surface area contributed by atoms with Gasteiger partial charge in [0.1, 0.15) is 18.1 Å². The van der Waals surface area contributed by atoms with Gasteiger partial charge in [-0.05, 0) is 51.8 Å². The van der Waals surface area contributed by atoms with Crippen LogP contribution < -0.4 is 14.8 Å². The van der Waals surface area contributed by atoms with Crippen LogP contribution in [0, 0.1) is 0 Å². The van der Waals surface area contributed by atoms with Gasteiger partial charge in [0.25, 0.3) is 5.91 Å². The molecule has 1 amide bonds. The van der Waals surface area contributed by atoms with Gasteiger partial charge in [0.15, 0.2) is 0 Å². The number of ether oxygens (including phenoxy) is 2. The van der Waals surface area contributed by atoms with Crippen LogP contribution in [0.4, 0.5) is 5.69 Å². The van der Waals surface area contributed by atoms with Crippen LogP contribution >= 0.6 is 15.9 Å². The van der Waals surface area contributed by atoms with Crippen molar-refractivity contribution in [2.45, 2.75) is 6.61 Å². The molecule has 0 saturated carbocycles. The molecule has 0 aliphatic carbocycles. The highest BCUT2D eigenvalue weighted by Gasteiger charge is 2.12. The number of amides is 1. The number of methoxy groups -OCH3 is 1. The van der Waals surface area contributed by atoms with E-state index in [0.29, 0.717) is 29.4 Å². The van der Waals surface area contributed by atoms with Gasteiger partial charge in [0.2, 0.25) is 0 Å². The summed E-state index contributed by atoms with van der Waals surface area (Å²) in [5, 5.41) is 2.86. The molecule has 0 unspecified atom stereocenters. The Morgan fingerprint density at radius 2 is 1.69 bits per heavy atom. The van der Waals surface area contributed by atoms with Crippen molar-refractivity contribution in [1.29, 1.82) is 0 Å². The Kier molecular flexibility index (Phi) is 5.92. The first-order valence-corrected chi connectivity index (χ1v) is 8.87. The van der Waals surface area contributed by atoms with E-state index in [0.717, 1.165) is 10.0 Å². The first kappa shape index (κ1) is 18.0. The summed E-state index contributed by atoms with van der Waals surface area (Å²) in [6, 6.07) is 22.5. The molecule has 0 heterocycles. The average molecular weight is 412 g/mol. The van der Waals surface area contributed by atoms with Gasteiger partial charge >= 0.3 is 0 Å². The molecular formula is C21H18BrNO3. The molecule has 3 aromatic carbocycles. The third-order valence-electron chi connectivity index (χ3n) is 3.79. The Morgan fingerprint density at radius 3 is 2.42 bits per heavy atom. The van der Waals surface area contributed by atoms with Crippen molar-refractivity contribution in [1.82, 2.24) is 0 Å². The predicted molar refractivity (Wildman–Crippen MR) is 106 cm³/mol. The summed E-state index contributed by atoms with van der Waals surface area (Å²) in [6.07, 6.45) is 0. The fourth-order valence-corrected chi connectivity index (χ4v) is 2.93. The quantitative estimate of drug-likeness (QED) is 0.599. The predicted octanol–water partition coefficient (Wildman–Crippen LogP) is 5.29. The number of para-hydroxylation sites is 2. The SMILES string of the molecule is COc1ccccc1NC(=O)c1ccc(OCc2ccccc2)c(Br)c1. The van der Waals surface area contributed by atoms with Crippen molar-refractivity contribution in [2.24, 2.45) is 0 Å². The molecule has 3 aromatic rings. The zero-order valence-corrected chi connectivity index (χ0v) is 15.8. The van der Waals surface area contributed by atoms with Crippen molar-refractivity contribution in [3.8, 4) is 11.5 Å². The second-order valence-corrected chi connectivity index (χ2v) is 6.43. The van der Waals surface area contributed by atoms with Crippen LogP contribution in [0.3, 0.4) is 0 Å². The molecule has 0 bridgehead atoms. The maximum atomic E-state index is 12.5. The highest BCUT2D eigenvalue weighted by atomic mass is 79.9. The maximum Gasteiger partial charge on any atom is 0.255 e. The Balaban J connectivity index is 1.69. The number of rotatable bonds is 6. The van der Waals surface area contributed by atoms with Crippen molar-refractivity contribution in [3.63, 3.8) is 0 Å². The van der Waals surface area contributed by atoms with E-state index in [9.17, 15) is 4.79 Å². The van der Waals surface area contributed by atoms with Gasteiger partial charge in [-0.15, -0.1) is 0 Å². The molecule has 1 N–H and O–H groups in total. The van der Waals surface area contributed by atoms with Crippen LogP contribution in [0.25, 0.3) is 0 Å². The molecule has 0 radical (unpaired) electrons. The fourth-order valence-electron chi connectivity index (χ4n) is 2.44. The van der Waals surface area contributed by atoms with Gasteiger partial charge in [-0.3, -0.25) is 4.79 Å². The lowest BCUT2D eigenvalue weighted by atomic mass is 10.2. The lowest BCUT2D eigenvalue weighted by Crippen LogP contribution is -2.12. The van der Waals surface area contributed by atoms with Gasteiger partial charge in [-0.25, -0.2) is 0 Å². The average Bonchev–Trinajstić information content (AvgIpc) is 2.68. The van der Waals surface area contributed by atoms with Crippen molar-refractivity contribution >= 4 is 27.5 Å². The summed E-state index contributed by atoms with van der Waals surface area (Å²) in [5.74, 6) is 1.08. The van der Waals surface area contributed by atoms with Gasteiger partial charge in [-0.1, -0.05) is 42.5 Å². The van der Waals surface area contributed by atoms with E-state index in [1.807, 2.05) is 42.5 Å². The first-order chi connectivity index (χ1) is 12.7. The number of anilines is 1. The Bertz CT molecular complexity index is 897.